The van der Waals surface area contributed by atoms with Crippen LogP contribution in [0.2, 0.25) is 10.3 Å². The lowest BCUT2D eigenvalue weighted by atomic mass is 10.0. The van der Waals surface area contributed by atoms with Gasteiger partial charge >= 0.3 is 0 Å². The highest BCUT2D eigenvalue weighted by Gasteiger charge is 2.29. The summed E-state index contributed by atoms with van der Waals surface area (Å²) in [5, 5.41) is 15.3. The zero-order chi connectivity index (χ0) is 63.2. The van der Waals surface area contributed by atoms with Crippen LogP contribution < -0.4 is 9.80 Å². The summed E-state index contributed by atoms with van der Waals surface area (Å²) in [4.78, 5) is 14.0. The molecule has 0 amide bonds. The molecule has 3 unspecified atom stereocenters. The molecule has 0 spiro atoms. The Kier molecular flexibility index (Phi) is 45.2. The monoisotopic (exact) mass is 1270 g/mol. The molecule has 2 fully saturated rings. The third kappa shape index (κ3) is 31.4. The molecule has 0 N–H and O–H groups in total. The highest BCUT2D eigenvalue weighted by Crippen LogP contribution is 2.40. The molecule has 482 valence electrons. The lowest BCUT2D eigenvalue weighted by Gasteiger charge is -2.30. The fourth-order valence-corrected chi connectivity index (χ4v) is 11.7. The van der Waals surface area contributed by atoms with Crippen molar-refractivity contribution in [2.24, 2.45) is 5.92 Å². The zero-order valence-electron chi connectivity index (χ0n) is 54.0. The average Bonchev–Trinajstić information content (AvgIpc) is 2.40. The number of allylic oxidation sites excluding steroid dienone is 2. The maximum Gasteiger partial charge on any atom is 0.226 e. The van der Waals surface area contributed by atoms with Crippen molar-refractivity contribution in [3.8, 4) is 12.8 Å². The topological polar surface area (TPSA) is 90.0 Å². The van der Waals surface area contributed by atoms with E-state index in [1.165, 1.54) is 115 Å². The molecule has 1 saturated heterocycles. The first kappa shape index (κ1) is 78.1. The molecule has 10 nitrogen and oxygen atoms in total. The molecule has 2 aliphatic rings. The summed E-state index contributed by atoms with van der Waals surface area (Å²) >= 11 is 13.4. The van der Waals surface area contributed by atoms with Gasteiger partial charge in [-0.15, -0.1) is 48.3 Å². The summed E-state index contributed by atoms with van der Waals surface area (Å²) in [5.41, 5.74) is 4.24. The van der Waals surface area contributed by atoms with Gasteiger partial charge in [0.2, 0.25) is 5.28 Å². The Balaban J connectivity index is 0.000000448. The van der Waals surface area contributed by atoms with Crippen LogP contribution in [0.1, 0.15) is 211 Å². The minimum absolute atomic E-state index is 0.0185. The second-order valence-electron chi connectivity index (χ2n) is 22.5. The van der Waals surface area contributed by atoms with Crippen LogP contribution in [0.4, 0.5) is 24.7 Å². The van der Waals surface area contributed by atoms with E-state index >= 15 is 0 Å². The first-order valence-electron chi connectivity index (χ1n) is 32.4. The number of fused-ring (bicyclic) bond motifs is 1. The highest BCUT2D eigenvalue weighted by atomic mass is 35.5. The van der Waals surface area contributed by atoms with Crippen LogP contribution in [0.3, 0.4) is 0 Å². The predicted octanol–water partition coefficient (Wildman–Crippen LogP) is 20.3. The molecule has 3 atom stereocenters. The van der Waals surface area contributed by atoms with E-state index in [1.54, 1.807) is 6.08 Å². The van der Waals surface area contributed by atoms with E-state index in [4.69, 9.17) is 38.0 Å². The Labute approximate surface area is 533 Å². The van der Waals surface area contributed by atoms with Gasteiger partial charge in [-0.3, -0.25) is 4.68 Å². The Morgan fingerprint density at radius 2 is 1.36 bits per heavy atom. The molecule has 1 aliphatic carbocycles. The molecule has 1 saturated carbocycles. The van der Waals surface area contributed by atoms with Crippen molar-refractivity contribution >= 4 is 62.9 Å². The lowest BCUT2D eigenvalue weighted by molar-refractivity contribution is 0.122. The average molecular weight is 1270 g/mol. The van der Waals surface area contributed by atoms with Gasteiger partial charge in [0, 0.05) is 67.3 Å². The summed E-state index contributed by atoms with van der Waals surface area (Å²) in [6, 6.07) is 8.27. The van der Waals surface area contributed by atoms with Crippen LogP contribution in [-0.4, -0.2) is 93.7 Å². The molecule has 4 heterocycles. The molecular weight excluding hydrogens is 1160 g/mol. The highest BCUT2D eigenvalue weighted by molar-refractivity contribution is 7.37. The molecule has 0 bridgehead atoms. The van der Waals surface area contributed by atoms with E-state index in [2.05, 4.69) is 121 Å². The molecule has 7 rings (SSSR count). The Morgan fingerprint density at radius 1 is 0.767 bits per heavy atom. The SMILES string of the molecule is C#C.C=CC.C=CCCCCn1cc(CCCCCCCCCCC)nn1.CCCCCCCCCc1c(F)cc(F)cc1F.CCCCN(Cc1ccc(N2CCOCC2)cc1Cl)c1nc(Cl)nc2c1cnn2C1CCC(CCPC)C1.CPC. The number of unbranched alkanes of at least 4 members (excludes halogenated alkanes) is 17. The molecule has 3 aromatic heterocycles. The fourth-order valence-electron chi connectivity index (χ4n) is 10.6. The van der Waals surface area contributed by atoms with Crippen molar-refractivity contribution in [2.45, 2.75) is 220 Å². The van der Waals surface area contributed by atoms with Crippen molar-refractivity contribution in [3.05, 3.63) is 113 Å². The van der Waals surface area contributed by atoms with Crippen molar-refractivity contribution in [2.75, 3.05) is 68.8 Å². The van der Waals surface area contributed by atoms with E-state index in [1.807, 2.05) is 23.9 Å². The quantitative estimate of drug-likeness (QED) is 0.0132. The van der Waals surface area contributed by atoms with E-state index in [0.717, 1.165) is 171 Å². The molecule has 17 heteroatoms. The molecule has 5 aromatic rings. The van der Waals surface area contributed by atoms with Crippen LogP contribution in [0.15, 0.2) is 68.0 Å². The van der Waals surface area contributed by atoms with Gasteiger partial charge in [0.15, 0.2) is 5.65 Å². The summed E-state index contributed by atoms with van der Waals surface area (Å²) in [7, 11) is 2.11. The van der Waals surface area contributed by atoms with Crippen LogP contribution >= 0.6 is 40.4 Å². The standard InChI is InChI=1S/C28H39Cl2N6OP.C19H35N3.C15H21F3.C3H6.C2H7P.C2H2/c1-3-4-10-35(19-21-6-8-22(17-25(21)29)34-11-13-37-14-12-34)26-24-18-31-36(27(24)33-28(30)32-26)23-7-5-20(16-23)9-15-38-2;1-3-5-7-9-10-11-12-13-14-16-19-18-22(21-20-19)17-15-8-6-4-2;1-2-3-4-5-6-7-8-9-13-14(17)10-12(16)11-15(13)18;2*1-3-2;1-2/h6,8,17-18,20,23,38H,3-5,7,9-16,19H2,1-2H3;4,18H,2-3,5-17H2,1H3;10-11H,2-9H2,1H3;3H,1H2,2H3;3H,1-2H3;1-2H. The van der Waals surface area contributed by atoms with Crippen LogP contribution in [0.5, 0.6) is 0 Å². The molecular formula is C69H110Cl2F3N9OP2. The smallest absolute Gasteiger partial charge is 0.226 e. The largest absolute Gasteiger partial charge is 0.378 e. The number of ether oxygens (including phenoxy) is 1. The minimum atomic E-state index is -0.853. The van der Waals surface area contributed by atoms with Crippen molar-refractivity contribution in [3.63, 3.8) is 0 Å². The number of nitrogens with zero attached hydrogens (tertiary/aromatic N) is 9. The lowest BCUT2D eigenvalue weighted by Crippen LogP contribution is -2.36. The molecule has 1 aliphatic heterocycles. The van der Waals surface area contributed by atoms with Crippen molar-refractivity contribution in [1.82, 2.24) is 34.7 Å². The fraction of sp³-hybridized carbons (Fsp3) is 0.638. The second-order valence-corrected chi connectivity index (χ2v) is 25.4. The van der Waals surface area contributed by atoms with E-state index in [-0.39, 0.29) is 10.8 Å². The number of hydrogen-bond acceptors (Lipinski definition) is 8. The minimum Gasteiger partial charge on any atom is -0.378 e. The van der Waals surface area contributed by atoms with Gasteiger partial charge in [-0.2, -0.15) is 15.1 Å². The number of halogens is 5. The first-order chi connectivity index (χ1) is 41.9. The molecule has 86 heavy (non-hydrogen) atoms. The number of hydrogen-bond donors (Lipinski definition) is 0. The van der Waals surface area contributed by atoms with Gasteiger partial charge in [-0.05, 0) is 145 Å². The van der Waals surface area contributed by atoms with E-state index in [0.29, 0.717) is 19.0 Å². The van der Waals surface area contributed by atoms with Crippen molar-refractivity contribution < 1.29 is 17.9 Å². The number of morpholine rings is 1. The third-order valence-electron chi connectivity index (χ3n) is 15.2. The predicted molar refractivity (Wildman–Crippen MR) is 370 cm³/mol. The maximum atomic E-state index is 13.3. The van der Waals surface area contributed by atoms with Gasteiger partial charge in [0.25, 0.3) is 0 Å². The summed E-state index contributed by atoms with van der Waals surface area (Å²) in [5.74, 6) is -0.757. The number of anilines is 2. The maximum absolute atomic E-state index is 13.3. The van der Waals surface area contributed by atoms with Gasteiger partial charge < -0.3 is 14.5 Å². The zero-order valence-corrected chi connectivity index (χ0v) is 57.5. The third-order valence-corrected chi connectivity index (χ3v) is 16.5. The van der Waals surface area contributed by atoms with E-state index in [9.17, 15) is 13.2 Å². The first-order valence-corrected chi connectivity index (χ1v) is 36.9. The Bertz CT molecular complexity index is 2540. The number of aryl methyl sites for hydroxylation is 2. The number of aromatic nitrogens is 7. The second kappa shape index (κ2) is 49.8. The van der Waals surface area contributed by atoms with Crippen LogP contribution in [0.25, 0.3) is 11.0 Å². The normalized spacial score (nSPS) is 14.4. The van der Waals surface area contributed by atoms with Gasteiger partial charge in [0.1, 0.15) is 23.3 Å². The summed E-state index contributed by atoms with van der Waals surface area (Å²) < 4.78 is 48.9. The number of benzene rings is 2. The summed E-state index contributed by atoms with van der Waals surface area (Å²) in [6.45, 7) is 28.0. The van der Waals surface area contributed by atoms with Gasteiger partial charge in [-0.1, -0.05) is 152 Å². The van der Waals surface area contributed by atoms with Gasteiger partial charge in [-0.25, -0.2) is 17.9 Å². The Hall–Kier alpha value is -4.04. The molecule has 2 aromatic carbocycles. The number of terminal acetylenes is 1. The van der Waals surface area contributed by atoms with Gasteiger partial charge in [0.05, 0.1) is 36.5 Å². The van der Waals surface area contributed by atoms with Crippen molar-refractivity contribution in [1.29, 1.82) is 0 Å². The Morgan fingerprint density at radius 3 is 1.94 bits per heavy atom. The van der Waals surface area contributed by atoms with Crippen LogP contribution in [0, 0.1) is 36.2 Å². The molecule has 0 radical (unpaired) electrons. The van der Waals surface area contributed by atoms with Crippen LogP contribution in [-0.2, 0) is 30.7 Å². The van der Waals surface area contributed by atoms with E-state index < -0.39 is 17.5 Å². The summed E-state index contributed by atoms with van der Waals surface area (Å²) in [6.07, 6.45) is 49.1. The number of rotatable bonds is 34.